The molecule has 102 valence electrons. The van der Waals surface area contributed by atoms with Crippen LogP contribution in [0.5, 0.6) is 0 Å². The highest BCUT2D eigenvalue weighted by Gasteiger charge is 2.21. The fourth-order valence-electron chi connectivity index (χ4n) is 2.65. The number of benzene rings is 1. The Balaban J connectivity index is 1.98. The van der Waals surface area contributed by atoms with E-state index in [0.717, 1.165) is 32.4 Å². The van der Waals surface area contributed by atoms with Crippen molar-refractivity contribution < 1.29 is 4.79 Å². The van der Waals surface area contributed by atoms with E-state index in [1.165, 1.54) is 11.1 Å². The lowest BCUT2D eigenvalue weighted by molar-refractivity contribution is -0.134. The zero-order chi connectivity index (χ0) is 13.7. The molecule has 0 aliphatic carbocycles. The molecule has 0 radical (unpaired) electrons. The Morgan fingerprint density at radius 2 is 2.05 bits per heavy atom. The Bertz CT molecular complexity index is 450. The van der Waals surface area contributed by atoms with Crippen LogP contribution in [-0.4, -0.2) is 23.9 Å². The lowest BCUT2D eigenvalue weighted by Crippen LogP contribution is -2.38. The summed E-state index contributed by atoms with van der Waals surface area (Å²) >= 11 is 0. The summed E-state index contributed by atoms with van der Waals surface area (Å²) in [7, 11) is 0. The van der Waals surface area contributed by atoms with Gasteiger partial charge in [0.15, 0.2) is 0 Å². The van der Waals surface area contributed by atoms with Gasteiger partial charge in [0.2, 0.25) is 5.91 Å². The maximum atomic E-state index is 12.2. The molecule has 1 aliphatic heterocycles. The highest BCUT2D eigenvalue weighted by Crippen LogP contribution is 2.23. The van der Waals surface area contributed by atoms with Crippen molar-refractivity contribution >= 4 is 11.5 Å². The van der Waals surface area contributed by atoms with Gasteiger partial charge in [0.1, 0.15) is 0 Å². The van der Waals surface area contributed by atoms with E-state index in [2.05, 4.69) is 37.3 Å². The summed E-state index contributed by atoms with van der Waals surface area (Å²) in [5, 5.41) is 0. The van der Waals surface area contributed by atoms with E-state index in [-0.39, 0.29) is 5.92 Å². The van der Waals surface area contributed by atoms with Gasteiger partial charge in [-0.15, -0.1) is 0 Å². The van der Waals surface area contributed by atoms with Gasteiger partial charge in [-0.1, -0.05) is 56.7 Å². The van der Waals surface area contributed by atoms with Crippen LogP contribution in [0, 0.1) is 5.92 Å². The maximum absolute atomic E-state index is 12.2. The molecule has 2 heteroatoms. The lowest BCUT2D eigenvalue weighted by atomic mass is 9.98. The molecule has 0 aromatic heterocycles. The number of carbonyl (C=O) groups is 1. The Labute approximate surface area is 116 Å². The molecule has 0 spiro atoms. The molecular weight excluding hydrogens is 234 g/mol. The van der Waals surface area contributed by atoms with Crippen molar-refractivity contribution in [2.45, 2.75) is 33.1 Å². The van der Waals surface area contributed by atoms with Crippen molar-refractivity contribution in [3.63, 3.8) is 0 Å². The molecular formula is C17H23NO. The molecule has 1 aliphatic rings. The molecule has 2 nitrogen and oxygen atoms in total. The SMILES string of the molecule is CCCC(C)C(=O)N1CC=C(c2ccccc2)CC1. The minimum atomic E-state index is 0.164. The van der Waals surface area contributed by atoms with E-state index >= 15 is 0 Å². The molecule has 0 fully saturated rings. The summed E-state index contributed by atoms with van der Waals surface area (Å²) in [5.74, 6) is 0.474. The standard InChI is InChI=1S/C17H23NO/c1-3-7-14(2)17(19)18-12-10-16(11-13-18)15-8-5-4-6-9-15/h4-6,8-10,14H,3,7,11-13H2,1-2H3. The number of hydrogen-bond acceptors (Lipinski definition) is 1. The highest BCUT2D eigenvalue weighted by molar-refractivity contribution is 5.80. The minimum absolute atomic E-state index is 0.164. The zero-order valence-electron chi connectivity index (χ0n) is 11.9. The first kappa shape index (κ1) is 13.9. The largest absolute Gasteiger partial charge is 0.338 e. The van der Waals surface area contributed by atoms with E-state index in [9.17, 15) is 4.79 Å². The summed E-state index contributed by atoms with van der Waals surface area (Å²) in [6.07, 6.45) is 5.24. The lowest BCUT2D eigenvalue weighted by Gasteiger charge is -2.29. The van der Waals surface area contributed by atoms with Gasteiger partial charge in [-0.25, -0.2) is 0 Å². The second-order valence-electron chi connectivity index (χ2n) is 5.32. The quantitative estimate of drug-likeness (QED) is 0.804. The van der Waals surface area contributed by atoms with Crippen LogP contribution in [0.2, 0.25) is 0 Å². The number of rotatable bonds is 4. The average molecular weight is 257 g/mol. The molecule has 1 atom stereocenters. The van der Waals surface area contributed by atoms with Crippen LogP contribution in [0.15, 0.2) is 36.4 Å². The van der Waals surface area contributed by atoms with E-state index < -0.39 is 0 Å². The van der Waals surface area contributed by atoms with Gasteiger partial charge < -0.3 is 4.90 Å². The van der Waals surface area contributed by atoms with Gasteiger partial charge in [0.25, 0.3) is 0 Å². The summed E-state index contributed by atoms with van der Waals surface area (Å²) in [6.45, 7) is 5.79. The average Bonchev–Trinajstić information content (AvgIpc) is 2.48. The van der Waals surface area contributed by atoms with Crippen LogP contribution in [-0.2, 0) is 4.79 Å². The number of hydrogen-bond donors (Lipinski definition) is 0. The van der Waals surface area contributed by atoms with Gasteiger partial charge in [-0.05, 0) is 24.0 Å². The highest BCUT2D eigenvalue weighted by atomic mass is 16.2. The van der Waals surface area contributed by atoms with Gasteiger partial charge in [-0.2, -0.15) is 0 Å². The van der Waals surface area contributed by atoms with E-state index in [1.54, 1.807) is 0 Å². The summed E-state index contributed by atoms with van der Waals surface area (Å²) in [6, 6.07) is 10.5. The normalized spacial score (nSPS) is 16.9. The monoisotopic (exact) mass is 257 g/mol. The second kappa shape index (κ2) is 6.55. The van der Waals surface area contributed by atoms with Crippen molar-refractivity contribution in [3.05, 3.63) is 42.0 Å². The number of carbonyl (C=O) groups excluding carboxylic acids is 1. The van der Waals surface area contributed by atoms with Crippen LogP contribution >= 0.6 is 0 Å². The molecule has 2 rings (SSSR count). The van der Waals surface area contributed by atoms with Gasteiger partial charge in [-0.3, -0.25) is 4.79 Å². The topological polar surface area (TPSA) is 20.3 Å². The van der Waals surface area contributed by atoms with Crippen molar-refractivity contribution in [2.75, 3.05) is 13.1 Å². The fraction of sp³-hybridized carbons (Fsp3) is 0.471. The Morgan fingerprint density at radius 1 is 1.32 bits per heavy atom. The molecule has 0 saturated heterocycles. The Morgan fingerprint density at radius 3 is 2.63 bits per heavy atom. The molecule has 0 N–H and O–H groups in total. The first-order chi connectivity index (χ1) is 9.22. The first-order valence-corrected chi connectivity index (χ1v) is 7.25. The van der Waals surface area contributed by atoms with Crippen LogP contribution in [0.25, 0.3) is 5.57 Å². The molecule has 19 heavy (non-hydrogen) atoms. The first-order valence-electron chi connectivity index (χ1n) is 7.25. The van der Waals surface area contributed by atoms with E-state index in [1.807, 2.05) is 17.9 Å². The smallest absolute Gasteiger partial charge is 0.225 e. The molecule has 1 amide bonds. The fourth-order valence-corrected chi connectivity index (χ4v) is 2.65. The summed E-state index contributed by atoms with van der Waals surface area (Å²) in [4.78, 5) is 14.2. The van der Waals surface area contributed by atoms with E-state index in [0.29, 0.717) is 5.91 Å². The van der Waals surface area contributed by atoms with Crippen molar-refractivity contribution in [1.82, 2.24) is 4.90 Å². The molecule has 1 aromatic rings. The third kappa shape index (κ3) is 3.46. The molecule has 1 aromatic carbocycles. The molecule has 0 saturated carbocycles. The summed E-state index contributed by atoms with van der Waals surface area (Å²) < 4.78 is 0. The molecule has 1 unspecified atom stereocenters. The van der Waals surface area contributed by atoms with E-state index in [4.69, 9.17) is 0 Å². The zero-order valence-corrected chi connectivity index (χ0v) is 11.9. The third-order valence-electron chi connectivity index (χ3n) is 3.81. The molecule has 0 bridgehead atoms. The van der Waals surface area contributed by atoms with Crippen molar-refractivity contribution in [2.24, 2.45) is 5.92 Å². The van der Waals surface area contributed by atoms with Crippen LogP contribution in [0.3, 0.4) is 0 Å². The van der Waals surface area contributed by atoms with Gasteiger partial charge in [0.05, 0.1) is 0 Å². The third-order valence-corrected chi connectivity index (χ3v) is 3.81. The van der Waals surface area contributed by atoms with Gasteiger partial charge >= 0.3 is 0 Å². The number of amides is 1. The summed E-state index contributed by atoms with van der Waals surface area (Å²) in [5.41, 5.74) is 2.66. The van der Waals surface area contributed by atoms with Crippen LogP contribution < -0.4 is 0 Å². The predicted molar refractivity (Wildman–Crippen MR) is 79.7 cm³/mol. The van der Waals surface area contributed by atoms with Gasteiger partial charge in [0, 0.05) is 19.0 Å². The van der Waals surface area contributed by atoms with Crippen molar-refractivity contribution in [3.8, 4) is 0 Å². The van der Waals surface area contributed by atoms with Crippen molar-refractivity contribution in [1.29, 1.82) is 0 Å². The second-order valence-corrected chi connectivity index (χ2v) is 5.32. The Hall–Kier alpha value is -1.57. The number of nitrogens with zero attached hydrogens (tertiary/aromatic N) is 1. The Kier molecular flexibility index (Phi) is 4.78. The maximum Gasteiger partial charge on any atom is 0.225 e. The molecule has 1 heterocycles. The minimum Gasteiger partial charge on any atom is -0.338 e. The van der Waals surface area contributed by atoms with Crippen LogP contribution in [0.1, 0.15) is 38.7 Å². The predicted octanol–water partition coefficient (Wildman–Crippen LogP) is 3.74. The van der Waals surface area contributed by atoms with Crippen LogP contribution in [0.4, 0.5) is 0 Å².